The fourth-order valence-electron chi connectivity index (χ4n) is 2.46. The van der Waals surface area contributed by atoms with Gasteiger partial charge in [-0.1, -0.05) is 23.2 Å². The number of sulfonamides is 1. The van der Waals surface area contributed by atoms with E-state index >= 15 is 0 Å². The summed E-state index contributed by atoms with van der Waals surface area (Å²) < 4.78 is 34.9. The van der Waals surface area contributed by atoms with Gasteiger partial charge in [0.25, 0.3) is 0 Å². The number of hydrogen-bond acceptors (Lipinski definition) is 6. The lowest BCUT2D eigenvalue weighted by Gasteiger charge is -2.22. The van der Waals surface area contributed by atoms with Crippen LogP contribution in [0.3, 0.4) is 0 Å². The van der Waals surface area contributed by atoms with Gasteiger partial charge in [-0.15, -0.1) is 11.3 Å². The van der Waals surface area contributed by atoms with Gasteiger partial charge in [-0.25, -0.2) is 22.8 Å². The molecule has 1 aliphatic rings. The maximum atomic E-state index is 12.5. The van der Waals surface area contributed by atoms with Crippen LogP contribution < -0.4 is 4.72 Å². The van der Waals surface area contributed by atoms with Crippen molar-refractivity contribution in [1.82, 2.24) is 19.5 Å². The van der Waals surface area contributed by atoms with Gasteiger partial charge in [0, 0.05) is 13.7 Å². The maximum Gasteiger partial charge on any atom is 0.243 e. The Bertz CT molecular complexity index is 818. The third-order valence-electron chi connectivity index (χ3n) is 3.40. The predicted molar refractivity (Wildman–Crippen MR) is 87.4 cm³/mol. The zero-order valence-corrected chi connectivity index (χ0v) is 15.3. The van der Waals surface area contributed by atoms with E-state index in [1.807, 2.05) is 0 Å². The first-order valence-corrected chi connectivity index (χ1v) is 9.86. The fourth-order valence-corrected chi connectivity index (χ4v) is 5.84. The molecule has 126 valence electrons. The summed E-state index contributed by atoms with van der Waals surface area (Å²) in [5.74, 6) is 1.12. The molecule has 0 amide bonds. The Morgan fingerprint density at radius 1 is 1.52 bits per heavy atom. The standard InChI is InChI=1S/C12H14Cl2N4O3S2/c1-21-6-10-15-12-7(3-2-4-18(12)16-10)17-23(19,20)8-5-9(13)22-11(8)14/h5,7,17H,2-4,6H2,1H3. The molecule has 0 saturated carbocycles. The number of aromatic nitrogens is 3. The van der Waals surface area contributed by atoms with E-state index in [2.05, 4.69) is 14.8 Å². The van der Waals surface area contributed by atoms with Crippen LogP contribution in [-0.2, 0) is 27.9 Å². The second kappa shape index (κ2) is 6.66. The summed E-state index contributed by atoms with van der Waals surface area (Å²) in [5.41, 5.74) is 0. The number of thiophene rings is 1. The first kappa shape index (κ1) is 17.1. The van der Waals surface area contributed by atoms with E-state index in [-0.39, 0.29) is 15.8 Å². The molecular weight excluding hydrogens is 383 g/mol. The maximum absolute atomic E-state index is 12.5. The third kappa shape index (κ3) is 3.54. The van der Waals surface area contributed by atoms with Crippen LogP contribution in [0.2, 0.25) is 8.67 Å². The van der Waals surface area contributed by atoms with Crippen molar-refractivity contribution >= 4 is 44.6 Å². The van der Waals surface area contributed by atoms with E-state index in [9.17, 15) is 8.42 Å². The summed E-state index contributed by atoms with van der Waals surface area (Å²) in [7, 11) is -2.23. The molecular formula is C12H14Cl2N4O3S2. The van der Waals surface area contributed by atoms with Gasteiger partial charge < -0.3 is 4.74 Å². The third-order valence-corrected chi connectivity index (χ3v) is 6.63. The van der Waals surface area contributed by atoms with E-state index in [0.29, 0.717) is 29.0 Å². The number of methoxy groups -OCH3 is 1. The monoisotopic (exact) mass is 396 g/mol. The molecule has 1 atom stereocenters. The van der Waals surface area contributed by atoms with Gasteiger partial charge in [0.05, 0.1) is 10.4 Å². The predicted octanol–water partition coefficient (Wildman–Crippen LogP) is 2.61. The number of aryl methyl sites for hydroxylation is 1. The molecule has 0 saturated heterocycles. The van der Waals surface area contributed by atoms with Gasteiger partial charge in [0.15, 0.2) is 5.82 Å². The van der Waals surface area contributed by atoms with Crippen LogP contribution in [0.25, 0.3) is 0 Å². The van der Waals surface area contributed by atoms with Crippen LogP contribution in [0, 0.1) is 0 Å². The molecule has 0 spiro atoms. The minimum Gasteiger partial charge on any atom is -0.377 e. The molecule has 0 aromatic carbocycles. The van der Waals surface area contributed by atoms with E-state index < -0.39 is 16.1 Å². The average molecular weight is 397 g/mol. The molecule has 0 bridgehead atoms. The highest BCUT2D eigenvalue weighted by Crippen LogP contribution is 2.35. The minimum absolute atomic E-state index is 0.0112. The molecule has 7 nitrogen and oxygen atoms in total. The van der Waals surface area contributed by atoms with Crippen molar-refractivity contribution in [2.45, 2.75) is 36.9 Å². The molecule has 11 heteroatoms. The smallest absolute Gasteiger partial charge is 0.243 e. The van der Waals surface area contributed by atoms with Crippen LogP contribution in [0.15, 0.2) is 11.0 Å². The number of halogens is 2. The average Bonchev–Trinajstić information content (AvgIpc) is 3.02. The Morgan fingerprint density at radius 2 is 2.30 bits per heavy atom. The van der Waals surface area contributed by atoms with Crippen molar-refractivity contribution in [1.29, 1.82) is 0 Å². The Labute approximate surface area is 147 Å². The lowest BCUT2D eigenvalue weighted by Crippen LogP contribution is -2.33. The summed E-state index contributed by atoms with van der Waals surface area (Å²) in [6, 6.07) is 0.891. The Hall–Kier alpha value is -0.710. The van der Waals surface area contributed by atoms with Crippen molar-refractivity contribution in [2.24, 2.45) is 0 Å². The van der Waals surface area contributed by atoms with E-state index in [1.54, 1.807) is 11.8 Å². The van der Waals surface area contributed by atoms with Crippen molar-refractivity contribution in [3.05, 3.63) is 26.4 Å². The normalized spacial score (nSPS) is 18.1. The first-order chi connectivity index (χ1) is 10.9. The zero-order valence-electron chi connectivity index (χ0n) is 12.1. The number of ether oxygens (including phenoxy) is 1. The van der Waals surface area contributed by atoms with E-state index in [1.165, 1.54) is 6.07 Å². The van der Waals surface area contributed by atoms with Crippen LogP contribution >= 0.6 is 34.5 Å². The number of hydrogen-bond donors (Lipinski definition) is 1. The summed E-state index contributed by atoms with van der Waals surface area (Å²) in [4.78, 5) is 4.36. The van der Waals surface area contributed by atoms with Gasteiger partial charge in [0.1, 0.15) is 21.7 Å². The first-order valence-electron chi connectivity index (χ1n) is 6.80. The topological polar surface area (TPSA) is 86.1 Å². The lowest BCUT2D eigenvalue weighted by atomic mass is 10.1. The number of rotatable bonds is 5. The largest absolute Gasteiger partial charge is 0.377 e. The molecule has 3 rings (SSSR count). The molecule has 2 aromatic heterocycles. The Kier molecular flexibility index (Phi) is 4.96. The minimum atomic E-state index is -3.78. The molecule has 3 heterocycles. The van der Waals surface area contributed by atoms with Crippen LogP contribution in [0.5, 0.6) is 0 Å². The second-order valence-electron chi connectivity index (χ2n) is 5.05. The van der Waals surface area contributed by atoms with Crippen LogP contribution in [0.4, 0.5) is 0 Å². The summed E-state index contributed by atoms with van der Waals surface area (Å²) in [6.07, 6.45) is 1.44. The van der Waals surface area contributed by atoms with Gasteiger partial charge in [0.2, 0.25) is 10.0 Å². The quantitative estimate of drug-likeness (QED) is 0.838. The molecule has 1 N–H and O–H groups in total. The van der Waals surface area contributed by atoms with Crippen LogP contribution in [-0.4, -0.2) is 30.3 Å². The molecule has 0 fully saturated rings. The van der Waals surface area contributed by atoms with Gasteiger partial charge in [-0.2, -0.15) is 5.10 Å². The number of fused-ring (bicyclic) bond motifs is 1. The number of nitrogens with zero attached hydrogens (tertiary/aromatic N) is 3. The summed E-state index contributed by atoms with van der Waals surface area (Å²) in [5, 5.41) is 4.32. The van der Waals surface area contributed by atoms with Gasteiger partial charge in [-0.3, -0.25) is 0 Å². The van der Waals surface area contributed by atoms with Gasteiger partial charge in [-0.05, 0) is 18.9 Å². The highest BCUT2D eigenvalue weighted by atomic mass is 35.5. The Balaban J connectivity index is 1.88. The molecule has 1 aliphatic heterocycles. The highest BCUT2D eigenvalue weighted by Gasteiger charge is 2.30. The van der Waals surface area contributed by atoms with Crippen LogP contribution in [0.1, 0.15) is 30.5 Å². The zero-order chi connectivity index (χ0) is 16.6. The lowest BCUT2D eigenvalue weighted by molar-refractivity contribution is 0.177. The molecule has 1 unspecified atom stereocenters. The highest BCUT2D eigenvalue weighted by molar-refractivity contribution is 7.89. The fraction of sp³-hybridized carbons (Fsp3) is 0.500. The summed E-state index contributed by atoms with van der Waals surface area (Å²) in [6.45, 7) is 0.987. The van der Waals surface area contributed by atoms with E-state index in [0.717, 1.165) is 17.8 Å². The molecule has 23 heavy (non-hydrogen) atoms. The van der Waals surface area contributed by atoms with Crippen molar-refractivity contribution in [2.75, 3.05) is 7.11 Å². The van der Waals surface area contributed by atoms with Crippen molar-refractivity contribution < 1.29 is 13.2 Å². The van der Waals surface area contributed by atoms with Gasteiger partial charge >= 0.3 is 0 Å². The second-order valence-corrected chi connectivity index (χ2v) is 9.01. The SMILES string of the molecule is COCc1nc2n(n1)CCCC2NS(=O)(=O)c1cc(Cl)sc1Cl. The Morgan fingerprint density at radius 3 is 2.96 bits per heavy atom. The molecule has 0 radical (unpaired) electrons. The van der Waals surface area contributed by atoms with Crippen molar-refractivity contribution in [3.8, 4) is 0 Å². The molecule has 0 aliphatic carbocycles. The van der Waals surface area contributed by atoms with Crippen molar-refractivity contribution in [3.63, 3.8) is 0 Å². The molecule has 2 aromatic rings. The summed E-state index contributed by atoms with van der Waals surface area (Å²) >= 11 is 12.8. The number of nitrogens with one attached hydrogen (secondary N) is 1. The van der Waals surface area contributed by atoms with E-state index in [4.69, 9.17) is 27.9 Å².